The monoisotopic (exact) mass is 363 g/mol. The van der Waals surface area contributed by atoms with Crippen LogP contribution in [0.2, 0.25) is 0 Å². The highest BCUT2D eigenvalue weighted by molar-refractivity contribution is 5.93. The van der Waals surface area contributed by atoms with E-state index in [0.29, 0.717) is 0 Å². The molecule has 0 radical (unpaired) electrons. The van der Waals surface area contributed by atoms with Gasteiger partial charge in [-0.2, -0.15) is 0 Å². The molecule has 2 unspecified atom stereocenters. The number of hydrogen-bond acceptors (Lipinski definition) is 5. The lowest BCUT2D eigenvalue weighted by Crippen LogP contribution is -2.38. The van der Waals surface area contributed by atoms with Crippen LogP contribution >= 0.6 is 0 Å². The van der Waals surface area contributed by atoms with Crippen LogP contribution in [-0.4, -0.2) is 66.1 Å². The van der Waals surface area contributed by atoms with Crippen molar-refractivity contribution in [3.05, 3.63) is 30.1 Å². The average molecular weight is 363 g/mol. The Kier molecular flexibility index (Phi) is 5.01. The highest BCUT2D eigenvalue weighted by Crippen LogP contribution is 2.23. The standard InChI is InChI=1S/C16H22FN7O2/c1-10(2)19-15(25)13-8-23(21-20-13)6-12-4-11(17)5-24(12)16(26)14-7-22(3)9-18-14/h7-12H,4-6H2,1-3H3,(H,19,25). The number of nitrogens with zero attached hydrogens (tertiary/aromatic N) is 6. The Hall–Kier alpha value is -2.78. The van der Waals surface area contributed by atoms with Crippen LogP contribution in [0.25, 0.3) is 0 Å². The van der Waals surface area contributed by atoms with E-state index in [-0.39, 0.29) is 54.8 Å². The Morgan fingerprint density at radius 1 is 1.35 bits per heavy atom. The van der Waals surface area contributed by atoms with Crippen molar-refractivity contribution in [1.82, 2.24) is 34.8 Å². The quantitative estimate of drug-likeness (QED) is 0.829. The molecule has 1 aliphatic rings. The number of imidazole rings is 1. The molecule has 0 aromatic carbocycles. The molecule has 3 rings (SSSR count). The summed E-state index contributed by atoms with van der Waals surface area (Å²) >= 11 is 0. The summed E-state index contributed by atoms with van der Waals surface area (Å²) in [7, 11) is 1.77. The molecule has 9 nitrogen and oxygen atoms in total. The zero-order valence-electron chi connectivity index (χ0n) is 15.0. The number of nitrogens with one attached hydrogen (secondary N) is 1. The summed E-state index contributed by atoms with van der Waals surface area (Å²) in [6.07, 6.45) is 3.76. The molecule has 0 bridgehead atoms. The van der Waals surface area contributed by atoms with E-state index in [4.69, 9.17) is 0 Å². The van der Waals surface area contributed by atoms with Gasteiger partial charge in [0.15, 0.2) is 5.69 Å². The van der Waals surface area contributed by atoms with Crippen LogP contribution in [-0.2, 0) is 13.6 Å². The van der Waals surface area contributed by atoms with Gasteiger partial charge in [0.25, 0.3) is 11.8 Å². The predicted octanol–water partition coefficient (Wildman–Crippen LogP) is 0.403. The van der Waals surface area contributed by atoms with Gasteiger partial charge in [0.05, 0.1) is 31.7 Å². The molecule has 0 spiro atoms. The van der Waals surface area contributed by atoms with Crippen molar-refractivity contribution in [1.29, 1.82) is 0 Å². The molecule has 140 valence electrons. The van der Waals surface area contributed by atoms with Crippen LogP contribution in [0.15, 0.2) is 18.7 Å². The van der Waals surface area contributed by atoms with Gasteiger partial charge in [0.1, 0.15) is 11.9 Å². The Labute approximate surface area is 150 Å². The van der Waals surface area contributed by atoms with Gasteiger partial charge in [-0.05, 0) is 13.8 Å². The Morgan fingerprint density at radius 2 is 2.12 bits per heavy atom. The van der Waals surface area contributed by atoms with Crippen molar-refractivity contribution in [2.24, 2.45) is 7.05 Å². The van der Waals surface area contributed by atoms with E-state index in [9.17, 15) is 14.0 Å². The summed E-state index contributed by atoms with van der Waals surface area (Å²) in [6, 6.07) is -0.386. The molecule has 2 amide bonds. The van der Waals surface area contributed by atoms with Gasteiger partial charge >= 0.3 is 0 Å². The number of hydrogen-bond donors (Lipinski definition) is 1. The molecule has 1 N–H and O–H groups in total. The number of alkyl halides is 1. The first-order valence-corrected chi connectivity index (χ1v) is 8.47. The number of carbonyl (C=O) groups is 2. The van der Waals surface area contributed by atoms with E-state index in [0.717, 1.165) is 0 Å². The topological polar surface area (TPSA) is 97.9 Å². The third-order valence-electron chi connectivity index (χ3n) is 4.14. The molecule has 0 saturated carbocycles. The number of rotatable bonds is 5. The minimum absolute atomic E-state index is 0.0127. The molecule has 1 fully saturated rings. The highest BCUT2D eigenvalue weighted by Gasteiger charge is 2.37. The largest absolute Gasteiger partial charge is 0.348 e. The minimum Gasteiger partial charge on any atom is -0.348 e. The molecular formula is C16H22FN7O2. The van der Waals surface area contributed by atoms with Crippen LogP contribution in [0, 0.1) is 0 Å². The van der Waals surface area contributed by atoms with Gasteiger partial charge in [0, 0.05) is 25.7 Å². The summed E-state index contributed by atoms with van der Waals surface area (Å²) in [4.78, 5) is 30.1. The van der Waals surface area contributed by atoms with Crippen molar-refractivity contribution < 1.29 is 14.0 Å². The second kappa shape index (κ2) is 7.22. The van der Waals surface area contributed by atoms with Gasteiger partial charge in [-0.15, -0.1) is 5.10 Å². The van der Waals surface area contributed by atoms with Crippen LogP contribution in [0.1, 0.15) is 41.2 Å². The second-order valence-corrected chi connectivity index (χ2v) is 6.82. The molecular weight excluding hydrogens is 341 g/mol. The SMILES string of the molecule is CC(C)NC(=O)c1cn(CC2CC(F)CN2C(=O)c2cn(C)cn2)nn1. The van der Waals surface area contributed by atoms with Crippen molar-refractivity contribution >= 4 is 11.8 Å². The number of aromatic nitrogens is 5. The maximum absolute atomic E-state index is 14.0. The summed E-state index contributed by atoms with van der Waals surface area (Å²) in [6.45, 7) is 3.99. The van der Waals surface area contributed by atoms with Crippen molar-refractivity contribution in [2.75, 3.05) is 6.54 Å². The maximum Gasteiger partial charge on any atom is 0.274 e. The lowest BCUT2D eigenvalue weighted by Gasteiger charge is -2.23. The molecule has 2 aromatic rings. The first-order valence-electron chi connectivity index (χ1n) is 8.47. The second-order valence-electron chi connectivity index (χ2n) is 6.82. The molecule has 0 aliphatic carbocycles. The molecule has 1 aliphatic heterocycles. The highest BCUT2D eigenvalue weighted by atomic mass is 19.1. The average Bonchev–Trinajstić information content (AvgIpc) is 3.27. The van der Waals surface area contributed by atoms with E-state index in [2.05, 4.69) is 20.6 Å². The fourth-order valence-electron chi connectivity index (χ4n) is 3.00. The predicted molar refractivity (Wildman–Crippen MR) is 90.2 cm³/mol. The third-order valence-corrected chi connectivity index (χ3v) is 4.14. The first-order chi connectivity index (χ1) is 12.3. The van der Waals surface area contributed by atoms with Gasteiger partial charge in [-0.1, -0.05) is 5.21 Å². The fraction of sp³-hybridized carbons (Fsp3) is 0.562. The van der Waals surface area contributed by atoms with Gasteiger partial charge in [0.2, 0.25) is 0 Å². The van der Waals surface area contributed by atoms with Crippen molar-refractivity contribution in [2.45, 2.75) is 45.1 Å². The van der Waals surface area contributed by atoms with Crippen LogP contribution < -0.4 is 5.32 Å². The van der Waals surface area contributed by atoms with Gasteiger partial charge in [-0.25, -0.2) is 14.1 Å². The molecule has 3 heterocycles. The maximum atomic E-state index is 14.0. The number of aryl methyl sites for hydroxylation is 1. The normalized spacial score (nSPS) is 20.0. The van der Waals surface area contributed by atoms with Crippen molar-refractivity contribution in [3.8, 4) is 0 Å². The summed E-state index contributed by atoms with van der Waals surface area (Å²) in [5.74, 6) is -0.629. The Bertz CT molecular complexity index is 800. The van der Waals surface area contributed by atoms with E-state index in [1.165, 1.54) is 22.1 Å². The third kappa shape index (κ3) is 3.89. The summed E-state index contributed by atoms with van der Waals surface area (Å²) < 4.78 is 17.1. The van der Waals surface area contributed by atoms with E-state index >= 15 is 0 Å². The zero-order chi connectivity index (χ0) is 18.8. The van der Waals surface area contributed by atoms with Gasteiger partial charge < -0.3 is 14.8 Å². The Balaban J connectivity index is 1.70. The first kappa shape index (κ1) is 18.0. The number of amides is 2. The molecule has 2 atom stereocenters. The molecule has 2 aromatic heterocycles. The minimum atomic E-state index is -1.10. The zero-order valence-corrected chi connectivity index (χ0v) is 15.0. The fourth-order valence-corrected chi connectivity index (χ4v) is 3.00. The van der Waals surface area contributed by atoms with Gasteiger partial charge in [-0.3, -0.25) is 9.59 Å². The number of likely N-dealkylation sites (tertiary alicyclic amines) is 1. The number of carbonyl (C=O) groups excluding carboxylic acids is 2. The summed E-state index contributed by atoms with van der Waals surface area (Å²) in [5, 5.41) is 10.5. The molecule has 26 heavy (non-hydrogen) atoms. The number of halogens is 1. The van der Waals surface area contributed by atoms with E-state index in [1.807, 2.05) is 13.8 Å². The molecule has 10 heteroatoms. The lowest BCUT2D eigenvalue weighted by atomic mass is 10.2. The summed E-state index contributed by atoms with van der Waals surface area (Å²) in [5.41, 5.74) is 0.471. The molecule has 1 saturated heterocycles. The van der Waals surface area contributed by atoms with Crippen molar-refractivity contribution in [3.63, 3.8) is 0 Å². The van der Waals surface area contributed by atoms with Crippen LogP contribution in [0.4, 0.5) is 4.39 Å². The van der Waals surface area contributed by atoms with E-state index < -0.39 is 6.17 Å². The Morgan fingerprint density at radius 3 is 2.77 bits per heavy atom. The van der Waals surface area contributed by atoms with Crippen LogP contribution in [0.5, 0.6) is 0 Å². The lowest BCUT2D eigenvalue weighted by molar-refractivity contribution is 0.0708. The smallest absolute Gasteiger partial charge is 0.274 e. The van der Waals surface area contributed by atoms with E-state index in [1.54, 1.807) is 17.8 Å². The van der Waals surface area contributed by atoms with Crippen LogP contribution in [0.3, 0.4) is 0 Å².